The van der Waals surface area contributed by atoms with Crippen molar-refractivity contribution in [2.45, 2.75) is 46.0 Å². The molecule has 0 radical (unpaired) electrons. The summed E-state index contributed by atoms with van der Waals surface area (Å²) in [5.41, 5.74) is 9.52. The van der Waals surface area contributed by atoms with Gasteiger partial charge in [-0.25, -0.2) is 0 Å². The molecule has 0 heterocycles. The SMILES string of the molecule is CCc1ccc(C2(CC)C(CN)C2(C)C)cc1. The molecular weight excluding hydrogens is 206 g/mol. The molecule has 0 aromatic heterocycles. The first kappa shape index (κ1) is 12.6. The molecule has 0 bridgehead atoms. The minimum absolute atomic E-state index is 0.314. The lowest BCUT2D eigenvalue weighted by atomic mass is 9.84. The number of hydrogen-bond acceptors (Lipinski definition) is 1. The Morgan fingerprint density at radius 2 is 1.71 bits per heavy atom. The highest BCUT2D eigenvalue weighted by molar-refractivity contribution is 5.41. The van der Waals surface area contributed by atoms with Crippen molar-refractivity contribution >= 4 is 0 Å². The summed E-state index contributed by atoms with van der Waals surface area (Å²) in [5, 5.41) is 0. The molecule has 1 nitrogen and oxygen atoms in total. The van der Waals surface area contributed by atoms with Crippen molar-refractivity contribution in [1.29, 1.82) is 0 Å². The first-order valence-corrected chi connectivity index (χ1v) is 6.84. The van der Waals surface area contributed by atoms with E-state index in [1.165, 1.54) is 17.5 Å². The summed E-state index contributed by atoms with van der Waals surface area (Å²) in [6.07, 6.45) is 2.30. The van der Waals surface area contributed by atoms with Gasteiger partial charge in [0.2, 0.25) is 0 Å². The Balaban J connectivity index is 2.37. The number of rotatable bonds is 4. The fourth-order valence-electron chi connectivity index (χ4n) is 3.98. The molecule has 2 atom stereocenters. The third-order valence-electron chi connectivity index (χ3n) is 5.20. The number of aryl methyl sites for hydroxylation is 1. The molecular formula is C16H25N. The second kappa shape index (κ2) is 4.13. The minimum Gasteiger partial charge on any atom is -0.330 e. The molecule has 1 aliphatic carbocycles. The summed E-state index contributed by atoms with van der Waals surface area (Å²) in [6, 6.07) is 9.18. The van der Waals surface area contributed by atoms with E-state index in [1.54, 1.807) is 0 Å². The monoisotopic (exact) mass is 231 g/mol. The maximum absolute atomic E-state index is 5.95. The van der Waals surface area contributed by atoms with Crippen LogP contribution >= 0.6 is 0 Å². The highest BCUT2D eigenvalue weighted by Gasteiger charge is 2.69. The molecule has 2 unspecified atom stereocenters. The Kier molecular flexibility index (Phi) is 3.07. The summed E-state index contributed by atoms with van der Waals surface area (Å²) >= 11 is 0. The molecule has 1 saturated carbocycles. The van der Waals surface area contributed by atoms with E-state index < -0.39 is 0 Å². The predicted molar refractivity (Wildman–Crippen MR) is 74.1 cm³/mol. The Hall–Kier alpha value is -0.820. The average Bonchev–Trinajstić information content (AvgIpc) is 2.85. The van der Waals surface area contributed by atoms with E-state index in [1.807, 2.05) is 0 Å². The fourth-order valence-corrected chi connectivity index (χ4v) is 3.98. The van der Waals surface area contributed by atoms with Crippen molar-refractivity contribution in [2.24, 2.45) is 17.1 Å². The van der Waals surface area contributed by atoms with Gasteiger partial charge < -0.3 is 5.73 Å². The summed E-state index contributed by atoms with van der Waals surface area (Å²) in [5.74, 6) is 0.632. The van der Waals surface area contributed by atoms with E-state index in [0.29, 0.717) is 16.7 Å². The molecule has 0 spiro atoms. The lowest BCUT2D eigenvalue weighted by Crippen LogP contribution is -2.15. The molecule has 0 amide bonds. The van der Waals surface area contributed by atoms with Crippen molar-refractivity contribution < 1.29 is 0 Å². The Labute approximate surface area is 105 Å². The zero-order valence-corrected chi connectivity index (χ0v) is 11.6. The van der Waals surface area contributed by atoms with E-state index in [2.05, 4.69) is 52.0 Å². The maximum atomic E-state index is 5.95. The van der Waals surface area contributed by atoms with E-state index in [-0.39, 0.29) is 0 Å². The fraction of sp³-hybridized carbons (Fsp3) is 0.625. The molecule has 1 aromatic carbocycles. The molecule has 1 aliphatic rings. The first-order valence-electron chi connectivity index (χ1n) is 6.84. The Bertz CT molecular complexity index is 390. The van der Waals surface area contributed by atoms with Crippen LogP contribution in [0, 0.1) is 11.3 Å². The quantitative estimate of drug-likeness (QED) is 0.843. The molecule has 2 N–H and O–H groups in total. The molecule has 94 valence electrons. The third-order valence-corrected chi connectivity index (χ3v) is 5.20. The summed E-state index contributed by atoms with van der Waals surface area (Å²) in [4.78, 5) is 0. The molecule has 0 aliphatic heterocycles. The van der Waals surface area contributed by atoms with E-state index in [0.717, 1.165) is 13.0 Å². The van der Waals surface area contributed by atoms with Crippen molar-refractivity contribution in [3.63, 3.8) is 0 Å². The number of benzene rings is 1. The number of hydrogen-bond donors (Lipinski definition) is 1. The second-order valence-electron chi connectivity index (χ2n) is 5.89. The van der Waals surface area contributed by atoms with Gasteiger partial charge in [-0.1, -0.05) is 52.0 Å². The van der Waals surface area contributed by atoms with Crippen LogP contribution in [-0.2, 0) is 11.8 Å². The van der Waals surface area contributed by atoms with Gasteiger partial charge in [0, 0.05) is 5.41 Å². The van der Waals surface area contributed by atoms with Crippen molar-refractivity contribution in [3.05, 3.63) is 35.4 Å². The summed E-state index contributed by atoms with van der Waals surface area (Å²) in [7, 11) is 0. The molecule has 1 heteroatoms. The zero-order chi connectivity index (χ0) is 12.7. The zero-order valence-electron chi connectivity index (χ0n) is 11.6. The third kappa shape index (κ3) is 1.55. The van der Waals surface area contributed by atoms with Crippen LogP contribution in [0.4, 0.5) is 0 Å². The summed E-state index contributed by atoms with van der Waals surface area (Å²) < 4.78 is 0. The highest BCUT2D eigenvalue weighted by Crippen LogP contribution is 2.70. The topological polar surface area (TPSA) is 26.0 Å². The smallest absolute Gasteiger partial charge is 0.00506 e. The van der Waals surface area contributed by atoms with E-state index in [9.17, 15) is 0 Å². The van der Waals surface area contributed by atoms with Gasteiger partial charge in [-0.15, -0.1) is 0 Å². The second-order valence-corrected chi connectivity index (χ2v) is 5.89. The van der Waals surface area contributed by atoms with Gasteiger partial charge in [0.05, 0.1) is 0 Å². The average molecular weight is 231 g/mol. The van der Waals surface area contributed by atoms with Gasteiger partial charge in [0.25, 0.3) is 0 Å². The van der Waals surface area contributed by atoms with Crippen LogP contribution in [0.15, 0.2) is 24.3 Å². The van der Waals surface area contributed by atoms with Crippen molar-refractivity contribution in [1.82, 2.24) is 0 Å². The Morgan fingerprint density at radius 1 is 1.12 bits per heavy atom. The van der Waals surface area contributed by atoms with Gasteiger partial charge in [0.1, 0.15) is 0 Å². The Morgan fingerprint density at radius 3 is 2.06 bits per heavy atom. The van der Waals surface area contributed by atoms with Crippen LogP contribution in [0.2, 0.25) is 0 Å². The van der Waals surface area contributed by atoms with Crippen LogP contribution in [0.5, 0.6) is 0 Å². The highest BCUT2D eigenvalue weighted by atomic mass is 14.8. The van der Waals surface area contributed by atoms with Gasteiger partial charge in [-0.05, 0) is 41.8 Å². The molecule has 1 fully saturated rings. The molecule has 17 heavy (non-hydrogen) atoms. The largest absolute Gasteiger partial charge is 0.330 e. The van der Waals surface area contributed by atoms with Gasteiger partial charge in [-0.3, -0.25) is 0 Å². The lowest BCUT2D eigenvalue weighted by Gasteiger charge is -2.19. The standard InChI is InChI=1S/C16H25N/c1-5-12-7-9-13(10-8-12)16(6-2)14(11-17)15(16,3)4/h7-10,14H,5-6,11,17H2,1-4H3. The van der Waals surface area contributed by atoms with Crippen LogP contribution in [0.1, 0.15) is 45.2 Å². The molecule has 2 rings (SSSR count). The van der Waals surface area contributed by atoms with E-state index >= 15 is 0 Å². The van der Waals surface area contributed by atoms with Crippen LogP contribution < -0.4 is 5.73 Å². The predicted octanol–water partition coefficient (Wildman–Crippen LogP) is 3.51. The van der Waals surface area contributed by atoms with Crippen molar-refractivity contribution in [2.75, 3.05) is 6.54 Å². The molecule has 0 saturated heterocycles. The van der Waals surface area contributed by atoms with Gasteiger partial charge in [0.15, 0.2) is 0 Å². The lowest BCUT2D eigenvalue weighted by molar-refractivity contribution is 0.482. The summed E-state index contributed by atoms with van der Waals surface area (Å²) in [6.45, 7) is 10.0. The van der Waals surface area contributed by atoms with Gasteiger partial charge >= 0.3 is 0 Å². The number of nitrogens with two attached hydrogens (primary N) is 1. The van der Waals surface area contributed by atoms with E-state index in [4.69, 9.17) is 5.73 Å². The van der Waals surface area contributed by atoms with Crippen LogP contribution in [0.3, 0.4) is 0 Å². The molecule has 1 aromatic rings. The van der Waals surface area contributed by atoms with Crippen molar-refractivity contribution in [3.8, 4) is 0 Å². The first-order chi connectivity index (χ1) is 8.04. The maximum Gasteiger partial charge on any atom is 0.00506 e. The van der Waals surface area contributed by atoms with Crippen LogP contribution in [-0.4, -0.2) is 6.54 Å². The normalized spacial score (nSPS) is 30.3. The van der Waals surface area contributed by atoms with Crippen LogP contribution in [0.25, 0.3) is 0 Å². The minimum atomic E-state index is 0.314. The van der Waals surface area contributed by atoms with Gasteiger partial charge in [-0.2, -0.15) is 0 Å².